The molecule has 1 aromatic heterocycles. The van der Waals surface area contributed by atoms with Gasteiger partial charge in [-0.2, -0.15) is 0 Å². The van der Waals surface area contributed by atoms with E-state index < -0.39 is 33.6 Å². The molecule has 1 fully saturated rings. The molecule has 33 heavy (non-hydrogen) atoms. The highest BCUT2D eigenvalue weighted by Gasteiger charge is 2.42. The molecule has 3 heterocycles. The number of aromatic nitrogens is 1. The van der Waals surface area contributed by atoms with E-state index in [0.29, 0.717) is 5.69 Å². The zero-order valence-electron chi connectivity index (χ0n) is 18.4. The normalized spacial score (nSPS) is 17.1. The summed E-state index contributed by atoms with van der Waals surface area (Å²) >= 11 is 0. The molecule has 1 atom stereocenters. The van der Waals surface area contributed by atoms with Gasteiger partial charge in [-0.05, 0) is 49.9 Å². The van der Waals surface area contributed by atoms with Gasteiger partial charge in [0.15, 0.2) is 0 Å². The van der Waals surface area contributed by atoms with Gasteiger partial charge in [0.05, 0.1) is 28.8 Å². The van der Waals surface area contributed by atoms with Gasteiger partial charge in [0, 0.05) is 19.3 Å². The van der Waals surface area contributed by atoms with E-state index in [9.17, 15) is 22.8 Å². The molecule has 1 unspecified atom stereocenters. The maximum atomic E-state index is 13.2. The van der Waals surface area contributed by atoms with E-state index in [1.54, 1.807) is 18.2 Å². The van der Waals surface area contributed by atoms with Crippen LogP contribution < -0.4 is 10.2 Å². The Morgan fingerprint density at radius 1 is 1.03 bits per heavy atom. The molecular formula is C23H26N4O5S. The first-order valence-corrected chi connectivity index (χ1v) is 13.0. The molecule has 0 radical (unpaired) electrons. The predicted molar refractivity (Wildman–Crippen MR) is 124 cm³/mol. The molecular weight excluding hydrogens is 444 g/mol. The Hall–Kier alpha value is -3.27. The molecule has 2 aliphatic rings. The number of amides is 3. The van der Waals surface area contributed by atoms with Gasteiger partial charge < -0.3 is 10.2 Å². The first-order valence-electron chi connectivity index (χ1n) is 10.9. The van der Waals surface area contributed by atoms with E-state index in [1.165, 1.54) is 24.8 Å². The second-order valence-corrected chi connectivity index (χ2v) is 10.7. The van der Waals surface area contributed by atoms with Crippen molar-refractivity contribution in [3.8, 4) is 0 Å². The summed E-state index contributed by atoms with van der Waals surface area (Å²) in [4.78, 5) is 46.4. The third-order valence-electron chi connectivity index (χ3n) is 5.90. The fraction of sp³-hybridized carbons (Fsp3) is 0.391. The standard InChI is InChI=1S/C23H26N4O5S/c1-33(31,32)14-11-19(27-22(29)17-7-3-4-8-18(17)23(27)30)21(28)25-16-9-10-20(24-15-16)26-12-5-2-6-13-26/h3-4,7-10,15,19H,2,5-6,11-14H2,1H3,(H,25,28). The Kier molecular flexibility index (Phi) is 6.46. The summed E-state index contributed by atoms with van der Waals surface area (Å²) in [6.45, 7) is 1.87. The van der Waals surface area contributed by atoms with Crippen molar-refractivity contribution >= 4 is 39.1 Å². The number of benzene rings is 1. The number of sulfone groups is 1. The van der Waals surface area contributed by atoms with Crippen molar-refractivity contribution < 1.29 is 22.8 Å². The average Bonchev–Trinajstić information content (AvgIpc) is 3.05. The molecule has 174 valence electrons. The Labute approximate surface area is 192 Å². The predicted octanol–water partition coefficient (Wildman–Crippen LogP) is 2.11. The number of imide groups is 1. The van der Waals surface area contributed by atoms with Gasteiger partial charge in [-0.25, -0.2) is 13.4 Å². The highest BCUT2D eigenvalue weighted by molar-refractivity contribution is 7.90. The van der Waals surface area contributed by atoms with Crippen LogP contribution in [0.2, 0.25) is 0 Å². The van der Waals surface area contributed by atoms with E-state index in [-0.39, 0.29) is 23.3 Å². The number of hydrogen-bond acceptors (Lipinski definition) is 7. The van der Waals surface area contributed by atoms with Gasteiger partial charge >= 0.3 is 0 Å². The number of rotatable bonds is 7. The van der Waals surface area contributed by atoms with Gasteiger partial charge in [0.1, 0.15) is 21.7 Å². The summed E-state index contributed by atoms with van der Waals surface area (Å²) in [5.41, 5.74) is 0.807. The maximum absolute atomic E-state index is 13.2. The lowest BCUT2D eigenvalue weighted by Crippen LogP contribution is -2.48. The van der Waals surface area contributed by atoms with Crippen LogP contribution in [0.3, 0.4) is 0 Å². The van der Waals surface area contributed by atoms with E-state index >= 15 is 0 Å². The molecule has 0 spiro atoms. The third kappa shape index (κ3) is 5.05. The number of carbonyl (C=O) groups excluding carboxylic acids is 3. The van der Waals surface area contributed by atoms with Gasteiger partial charge in [-0.3, -0.25) is 19.3 Å². The van der Waals surface area contributed by atoms with E-state index in [0.717, 1.165) is 42.9 Å². The van der Waals surface area contributed by atoms with Crippen molar-refractivity contribution in [3.63, 3.8) is 0 Å². The summed E-state index contributed by atoms with van der Waals surface area (Å²) in [6.07, 6.45) is 5.81. The molecule has 0 saturated carbocycles. The lowest BCUT2D eigenvalue weighted by molar-refractivity contribution is -0.120. The minimum absolute atomic E-state index is 0.199. The smallest absolute Gasteiger partial charge is 0.262 e. The fourth-order valence-corrected chi connectivity index (χ4v) is 4.84. The Balaban J connectivity index is 1.54. The topological polar surface area (TPSA) is 117 Å². The number of nitrogens with zero attached hydrogens (tertiary/aromatic N) is 3. The molecule has 9 nitrogen and oxygen atoms in total. The van der Waals surface area contributed by atoms with Crippen molar-refractivity contribution in [2.75, 3.05) is 35.3 Å². The third-order valence-corrected chi connectivity index (χ3v) is 6.87. The SMILES string of the molecule is CS(=O)(=O)CCC(C(=O)Nc1ccc(N2CCCCC2)nc1)N1C(=O)c2ccccc2C1=O. The number of fused-ring (bicyclic) bond motifs is 1. The van der Waals surface area contributed by atoms with Crippen LogP contribution in [-0.2, 0) is 14.6 Å². The molecule has 2 aliphatic heterocycles. The van der Waals surface area contributed by atoms with Crippen molar-refractivity contribution in [3.05, 3.63) is 53.7 Å². The monoisotopic (exact) mass is 470 g/mol. The first-order chi connectivity index (χ1) is 15.7. The highest BCUT2D eigenvalue weighted by Crippen LogP contribution is 2.27. The lowest BCUT2D eigenvalue weighted by Gasteiger charge is -2.28. The number of carbonyl (C=O) groups is 3. The van der Waals surface area contributed by atoms with Crippen LogP contribution in [-0.4, -0.2) is 67.2 Å². The number of piperidine rings is 1. The van der Waals surface area contributed by atoms with Crippen molar-refractivity contribution in [2.24, 2.45) is 0 Å². The van der Waals surface area contributed by atoms with Crippen LogP contribution in [0.15, 0.2) is 42.6 Å². The number of nitrogens with one attached hydrogen (secondary N) is 1. The Bertz CT molecular complexity index is 1140. The molecule has 10 heteroatoms. The van der Waals surface area contributed by atoms with E-state index in [4.69, 9.17) is 0 Å². The van der Waals surface area contributed by atoms with Crippen LogP contribution in [0.4, 0.5) is 11.5 Å². The second kappa shape index (κ2) is 9.30. The molecule has 1 N–H and O–H groups in total. The molecule has 3 amide bonds. The number of pyridine rings is 1. The molecule has 4 rings (SSSR count). The van der Waals surface area contributed by atoms with Crippen molar-refractivity contribution in [2.45, 2.75) is 31.7 Å². The second-order valence-electron chi connectivity index (χ2n) is 8.40. The minimum Gasteiger partial charge on any atom is -0.357 e. The lowest BCUT2D eigenvalue weighted by atomic mass is 10.1. The molecule has 1 aromatic carbocycles. The zero-order valence-corrected chi connectivity index (χ0v) is 19.2. The number of hydrogen-bond donors (Lipinski definition) is 1. The van der Waals surface area contributed by atoms with Gasteiger partial charge in [-0.15, -0.1) is 0 Å². The molecule has 0 bridgehead atoms. The zero-order chi connectivity index (χ0) is 23.6. The van der Waals surface area contributed by atoms with Gasteiger partial charge in [-0.1, -0.05) is 12.1 Å². The van der Waals surface area contributed by atoms with Gasteiger partial charge in [0.25, 0.3) is 11.8 Å². The van der Waals surface area contributed by atoms with Gasteiger partial charge in [0.2, 0.25) is 5.91 Å². The van der Waals surface area contributed by atoms with Crippen LogP contribution in [0, 0.1) is 0 Å². The molecule has 1 saturated heterocycles. The van der Waals surface area contributed by atoms with Crippen LogP contribution in [0.5, 0.6) is 0 Å². The largest absolute Gasteiger partial charge is 0.357 e. The Morgan fingerprint density at radius 3 is 2.21 bits per heavy atom. The Morgan fingerprint density at radius 2 is 1.67 bits per heavy atom. The molecule has 0 aliphatic carbocycles. The van der Waals surface area contributed by atoms with Crippen LogP contribution in [0.1, 0.15) is 46.4 Å². The van der Waals surface area contributed by atoms with Crippen LogP contribution in [0.25, 0.3) is 0 Å². The van der Waals surface area contributed by atoms with E-state index in [2.05, 4.69) is 15.2 Å². The van der Waals surface area contributed by atoms with E-state index in [1.807, 2.05) is 6.07 Å². The van der Waals surface area contributed by atoms with Crippen molar-refractivity contribution in [1.82, 2.24) is 9.88 Å². The number of anilines is 2. The average molecular weight is 471 g/mol. The molecule has 2 aromatic rings. The summed E-state index contributed by atoms with van der Waals surface area (Å²) in [7, 11) is -3.42. The quantitative estimate of drug-likeness (QED) is 0.616. The summed E-state index contributed by atoms with van der Waals surface area (Å²) in [5.74, 6) is -1.38. The maximum Gasteiger partial charge on any atom is 0.262 e. The van der Waals surface area contributed by atoms with Crippen LogP contribution >= 0.6 is 0 Å². The summed E-state index contributed by atoms with van der Waals surface area (Å²) < 4.78 is 23.5. The minimum atomic E-state index is -3.42. The summed E-state index contributed by atoms with van der Waals surface area (Å²) in [5, 5.41) is 2.69. The summed E-state index contributed by atoms with van der Waals surface area (Å²) in [6, 6.07) is 8.56. The van der Waals surface area contributed by atoms with Crippen molar-refractivity contribution in [1.29, 1.82) is 0 Å². The fourth-order valence-electron chi connectivity index (χ4n) is 4.19. The first kappa shape index (κ1) is 22.9. The highest BCUT2D eigenvalue weighted by atomic mass is 32.2.